The largest absolute Gasteiger partial charge is 0.392 e. The molecule has 4 nitrogen and oxygen atoms in total. The van der Waals surface area contributed by atoms with E-state index in [0.717, 1.165) is 39.0 Å². The highest BCUT2D eigenvalue weighted by Gasteiger charge is 2.35. The molecule has 1 fully saturated rings. The average molecular weight is 257 g/mol. The number of hydrogen-bond acceptors (Lipinski definition) is 4. The maximum absolute atomic E-state index is 9.89. The van der Waals surface area contributed by atoms with Crippen molar-refractivity contribution in [2.24, 2.45) is 11.1 Å². The van der Waals surface area contributed by atoms with Crippen LogP contribution in [-0.4, -0.2) is 67.3 Å². The highest BCUT2D eigenvalue weighted by Crippen LogP contribution is 2.28. The molecule has 1 aliphatic heterocycles. The Morgan fingerprint density at radius 1 is 1.44 bits per heavy atom. The van der Waals surface area contributed by atoms with Gasteiger partial charge in [0.15, 0.2) is 0 Å². The van der Waals surface area contributed by atoms with Crippen molar-refractivity contribution in [2.45, 2.75) is 45.3 Å². The smallest absolute Gasteiger partial charge is 0.0682 e. The third-order valence-corrected chi connectivity index (χ3v) is 4.01. The molecule has 1 heterocycles. The van der Waals surface area contributed by atoms with E-state index in [9.17, 15) is 5.11 Å². The van der Waals surface area contributed by atoms with E-state index in [0.29, 0.717) is 6.04 Å². The number of nitrogens with zero attached hydrogens (tertiary/aromatic N) is 2. The lowest BCUT2D eigenvalue weighted by Gasteiger charge is -2.36. The first kappa shape index (κ1) is 15.9. The second-order valence-electron chi connectivity index (χ2n) is 6.50. The van der Waals surface area contributed by atoms with Crippen LogP contribution in [0.25, 0.3) is 0 Å². The molecule has 3 unspecified atom stereocenters. The molecule has 18 heavy (non-hydrogen) atoms. The Labute approximate surface area is 112 Å². The van der Waals surface area contributed by atoms with Crippen molar-refractivity contribution in [3.8, 4) is 0 Å². The van der Waals surface area contributed by atoms with Crippen molar-refractivity contribution >= 4 is 0 Å². The van der Waals surface area contributed by atoms with Gasteiger partial charge >= 0.3 is 0 Å². The van der Waals surface area contributed by atoms with E-state index in [1.165, 1.54) is 6.42 Å². The van der Waals surface area contributed by atoms with Crippen LogP contribution in [0.5, 0.6) is 0 Å². The number of likely N-dealkylation sites (N-methyl/N-ethyl adjacent to an activating group) is 1. The molecule has 4 heteroatoms. The van der Waals surface area contributed by atoms with Gasteiger partial charge in [-0.05, 0) is 38.9 Å². The van der Waals surface area contributed by atoms with E-state index >= 15 is 0 Å². The van der Waals surface area contributed by atoms with Crippen LogP contribution >= 0.6 is 0 Å². The van der Waals surface area contributed by atoms with E-state index < -0.39 is 0 Å². The standard InChI is InChI=1S/C14H31N3O/c1-5-6-14(2,10-15)11-17-9-13(18)7-12(17)8-16(3)4/h12-13,18H,5-11,15H2,1-4H3. The van der Waals surface area contributed by atoms with Crippen molar-refractivity contribution in [1.29, 1.82) is 0 Å². The second-order valence-corrected chi connectivity index (χ2v) is 6.50. The van der Waals surface area contributed by atoms with Crippen LogP contribution in [0, 0.1) is 5.41 Å². The van der Waals surface area contributed by atoms with Crippen molar-refractivity contribution in [3.05, 3.63) is 0 Å². The molecule has 0 bridgehead atoms. The summed E-state index contributed by atoms with van der Waals surface area (Å²) in [6.45, 7) is 8.04. The summed E-state index contributed by atoms with van der Waals surface area (Å²) in [7, 11) is 4.19. The topological polar surface area (TPSA) is 52.7 Å². The number of likely N-dealkylation sites (tertiary alicyclic amines) is 1. The van der Waals surface area contributed by atoms with Crippen LogP contribution in [0.4, 0.5) is 0 Å². The monoisotopic (exact) mass is 257 g/mol. The number of rotatable bonds is 7. The Balaban J connectivity index is 2.62. The molecule has 0 aromatic carbocycles. The van der Waals surface area contributed by atoms with Gasteiger partial charge < -0.3 is 15.7 Å². The summed E-state index contributed by atoms with van der Waals surface area (Å²) in [5, 5.41) is 9.89. The quantitative estimate of drug-likeness (QED) is 0.707. The van der Waals surface area contributed by atoms with Gasteiger partial charge in [-0.25, -0.2) is 0 Å². The summed E-state index contributed by atoms with van der Waals surface area (Å²) in [5.74, 6) is 0. The minimum absolute atomic E-state index is 0.168. The van der Waals surface area contributed by atoms with Crippen LogP contribution in [-0.2, 0) is 0 Å². The third kappa shape index (κ3) is 4.50. The molecule has 0 spiro atoms. The predicted octanol–water partition coefficient (Wildman–Crippen LogP) is 0.748. The first-order valence-corrected chi connectivity index (χ1v) is 7.17. The Morgan fingerprint density at radius 3 is 2.61 bits per heavy atom. The second kappa shape index (κ2) is 6.85. The van der Waals surface area contributed by atoms with Gasteiger partial charge in [0, 0.05) is 25.7 Å². The van der Waals surface area contributed by atoms with E-state index in [1.54, 1.807) is 0 Å². The van der Waals surface area contributed by atoms with Crippen LogP contribution in [0.1, 0.15) is 33.1 Å². The minimum atomic E-state index is -0.168. The molecule has 0 aromatic rings. The SMILES string of the molecule is CCCC(C)(CN)CN1CC(O)CC1CN(C)C. The fourth-order valence-electron chi connectivity index (χ4n) is 3.10. The lowest BCUT2D eigenvalue weighted by molar-refractivity contribution is 0.120. The van der Waals surface area contributed by atoms with Gasteiger partial charge in [-0.3, -0.25) is 4.90 Å². The van der Waals surface area contributed by atoms with Crippen LogP contribution in [0.15, 0.2) is 0 Å². The molecular weight excluding hydrogens is 226 g/mol. The summed E-state index contributed by atoms with van der Waals surface area (Å²) in [5.41, 5.74) is 6.14. The zero-order valence-corrected chi connectivity index (χ0v) is 12.5. The van der Waals surface area contributed by atoms with Crippen LogP contribution in [0.3, 0.4) is 0 Å². The van der Waals surface area contributed by atoms with Gasteiger partial charge in [0.05, 0.1) is 6.10 Å². The molecule has 108 valence electrons. The Hall–Kier alpha value is -0.160. The average Bonchev–Trinajstić information content (AvgIpc) is 2.58. The van der Waals surface area contributed by atoms with Crippen molar-refractivity contribution in [3.63, 3.8) is 0 Å². The zero-order valence-electron chi connectivity index (χ0n) is 12.5. The third-order valence-electron chi connectivity index (χ3n) is 4.01. The molecule has 0 aromatic heterocycles. The highest BCUT2D eigenvalue weighted by molar-refractivity contribution is 4.90. The minimum Gasteiger partial charge on any atom is -0.392 e. The van der Waals surface area contributed by atoms with Gasteiger partial charge in [-0.1, -0.05) is 20.3 Å². The van der Waals surface area contributed by atoms with E-state index in [4.69, 9.17) is 5.73 Å². The molecule has 1 rings (SSSR count). The van der Waals surface area contributed by atoms with E-state index in [-0.39, 0.29) is 11.5 Å². The summed E-state index contributed by atoms with van der Waals surface area (Å²) in [6, 6.07) is 0.470. The molecule has 0 radical (unpaired) electrons. The number of β-amino-alcohol motifs (C(OH)–C–C–N with tert-alkyl or cyclic N) is 1. The van der Waals surface area contributed by atoms with Crippen LogP contribution < -0.4 is 5.73 Å². The maximum atomic E-state index is 9.89. The zero-order chi connectivity index (χ0) is 13.8. The molecule has 0 aliphatic carbocycles. The summed E-state index contributed by atoms with van der Waals surface area (Å²) in [6.07, 6.45) is 3.05. The van der Waals surface area contributed by atoms with Gasteiger partial charge in [0.25, 0.3) is 0 Å². The normalized spacial score (nSPS) is 28.8. The molecule has 0 amide bonds. The van der Waals surface area contributed by atoms with Gasteiger partial charge in [0.1, 0.15) is 0 Å². The fourth-order valence-corrected chi connectivity index (χ4v) is 3.10. The van der Waals surface area contributed by atoms with E-state index in [1.807, 2.05) is 0 Å². The first-order chi connectivity index (χ1) is 8.40. The molecule has 3 N–H and O–H groups in total. The Bertz CT molecular complexity index is 247. The van der Waals surface area contributed by atoms with Crippen LogP contribution in [0.2, 0.25) is 0 Å². The van der Waals surface area contributed by atoms with Crippen molar-refractivity contribution in [2.75, 3.05) is 40.3 Å². The Kier molecular flexibility index (Phi) is 6.05. The van der Waals surface area contributed by atoms with Crippen molar-refractivity contribution in [1.82, 2.24) is 9.80 Å². The number of aliphatic hydroxyl groups is 1. The number of nitrogens with two attached hydrogens (primary N) is 1. The molecular formula is C14H31N3O. The van der Waals surface area contributed by atoms with Gasteiger partial charge in [-0.15, -0.1) is 0 Å². The lowest BCUT2D eigenvalue weighted by atomic mass is 9.85. The highest BCUT2D eigenvalue weighted by atomic mass is 16.3. The fraction of sp³-hybridized carbons (Fsp3) is 1.00. The van der Waals surface area contributed by atoms with Crippen molar-refractivity contribution < 1.29 is 5.11 Å². The maximum Gasteiger partial charge on any atom is 0.0682 e. The summed E-state index contributed by atoms with van der Waals surface area (Å²) >= 11 is 0. The summed E-state index contributed by atoms with van der Waals surface area (Å²) < 4.78 is 0. The van der Waals surface area contributed by atoms with Gasteiger partial charge in [-0.2, -0.15) is 0 Å². The summed E-state index contributed by atoms with van der Waals surface area (Å²) in [4.78, 5) is 4.64. The molecule has 3 atom stereocenters. The predicted molar refractivity (Wildman–Crippen MR) is 76.6 cm³/mol. The number of hydrogen-bond donors (Lipinski definition) is 2. The lowest BCUT2D eigenvalue weighted by Crippen LogP contribution is -2.45. The molecule has 1 aliphatic rings. The van der Waals surface area contributed by atoms with E-state index in [2.05, 4.69) is 37.7 Å². The Morgan fingerprint density at radius 2 is 2.11 bits per heavy atom. The first-order valence-electron chi connectivity index (χ1n) is 7.17. The molecule has 0 saturated carbocycles. The number of aliphatic hydroxyl groups excluding tert-OH is 1. The van der Waals surface area contributed by atoms with Gasteiger partial charge in [0.2, 0.25) is 0 Å². The molecule has 1 saturated heterocycles.